The van der Waals surface area contributed by atoms with Crippen LogP contribution in [0.4, 0.5) is 4.39 Å². The lowest BCUT2D eigenvalue weighted by atomic mass is 9.81. The molecule has 26 heavy (non-hydrogen) atoms. The highest BCUT2D eigenvalue weighted by molar-refractivity contribution is 7.99. The van der Waals surface area contributed by atoms with Crippen LogP contribution in [-0.4, -0.2) is 16.5 Å². The second-order valence-corrected chi connectivity index (χ2v) is 8.35. The van der Waals surface area contributed by atoms with Crippen molar-refractivity contribution < 1.29 is 13.6 Å². The first kappa shape index (κ1) is 19.2. The standard InChI is InChI=1S/C21H26FNO2S/c1-14-7-9-16(10-8-14)11-17(24)12-26-13-20-15(2)25-21(23-20)18-5-3-4-6-19(18)22/h3-6,14,16H,7-13H2,1-2H3. The van der Waals surface area contributed by atoms with Gasteiger partial charge >= 0.3 is 0 Å². The van der Waals surface area contributed by atoms with Crippen molar-refractivity contribution in [3.63, 3.8) is 0 Å². The Morgan fingerprint density at radius 3 is 2.73 bits per heavy atom. The van der Waals surface area contributed by atoms with Gasteiger partial charge in [-0.05, 0) is 43.7 Å². The molecule has 1 aromatic heterocycles. The number of hydrogen-bond donors (Lipinski definition) is 0. The molecule has 0 saturated heterocycles. The van der Waals surface area contributed by atoms with Crippen molar-refractivity contribution in [1.82, 2.24) is 4.98 Å². The first-order chi connectivity index (χ1) is 12.5. The van der Waals surface area contributed by atoms with E-state index in [4.69, 9.17) is 4.42 Å². The molecule has 0 radical (unpaired) electrons. The minimum Gasteiger partial charge on any atom is -0.441 e. The van der Waals surface area contributed by atoms with Crippen LogP contribution in [-0.2, 0) is 10.5 Å². The van der Waals surface area contributed by atoms with Crippen LogP contribution in [0.1, 0.15) is 50.5 Å². The molecule has 0 atom stereocenters. The Balaban J connectivity index is 1.49. The third-order valence-electron chi connectivity index (χ3n) is 5.15. The van der Waals surface area contributed by atoms with E-state index in [0.717, 1.165) is 11.6 Å². The van der Waals surface area contributed by atoms with E-state index < -0.39 is 0 Å². The maximum absolute atomic E-state index is 13.9. The lowest BCUT2D eigenvalue weighted by Gasteiger charge is -2.25. The Labute approximate surface area is 158 Å². The fourth-order valence-electron chi connectivity index (χ4n) is 3.49. The van der Waals surface area contributed by atoms with E-state index in [2.05, 4.69) is 11.9 Å². The zero-order chi connectivity index (χ0) is 18.5. The molecule has 1 aromatic carbocycles. The van der Waals surface area contributed by atoms with E-state index in [1.807, 2.05) is 6.92 Å². The molecule has 0 unspecified atom stereocenters. The first-order valence-electron chi connectivity index (χ1n) is 9.33. The molecule has 1 heterocycles. The molecule has 3 rings (SSSR count). The number of rotatable bonds is 7. The molecular weight excluding hydrogens is 349 g/mol. The van der Waals surface area contributed by atoms with Gasteiger partial charge in [-0.15, -0.1) is 11.8 Å². The molecule has 0 bridgehead atoms. The second kappa shape index (κ2) is 8.85. The van der Waals surface area contributed by atoms with Crippen molar-refractivity contribution in [3.05, 3.63) is 41.5 Å². The summed E-state index contributed by atoms with van der Waals surface area (Å²) in [5.41, 5.74) is 1.15. The van der Waals surface area contributed by atoms with E-state index in [0.29, 0.717) is 46.8 Å². The minimum absolute atomic E-state index is 0.304. The molecule has 140 valence electrons. The average Bonchev–Trinajstić information content (AvgIpc) is 2.98. The topological polar surface area (TPSA) is 43.1 Å². The molecule has 0 amide bonds. The number of aryl methyl sites for hydroxylation is 1. The van der Waals surface area contributed by atoms with Gasteiger partial charge in [0.1, 0.15) is 17.4 Å². The van der Waals surface area contributed by atoms with Gasteiger partial charge in [-0.3, -0.25) is 4.79 Å². The normalized spacial score (nSPS) is 20.3. The number of nitrogens with zero attached hydrogens (tertiary/aromatic N) is 1. The Kier molecular flexibility index (Phi) is 6.52. The third kappa shape index (κ3) is 4.97. The molecule has 1 saturated carbocycles. The summed E-state index contributed by atoms with van der Waals surface area (Å²) in [6.45, 7) is 4.13. The van der Waals surface area contributed by atoms with Crippen LogP contribution >= 0.6 is 11.8 Å². The molecule has 0 aliphatic heterocycles. The molecule has 0 N–H and O–H groups in total. The monoisotopic (exact) mass is 375 g/mol. The molecule has 2 aromatic rings. The van der Waals surface area contributed by atoms with Crippen molar-refractivity contribution >= 4 is 17.5 Å². The smallest absolute Gasteiger partial charge is 0.229 e. The number of Topliss-reactive ketones (excluding diaryl/α,β-unsaturated/α-hetero) is 1. The van der Waals surface area contributed by atoms with E-state index >= 15 is 0 Å². The number of carbonyl (C=O) groups is 1. The van der Waals surface area contributed by atoms with Gasteiger partial charge < -0.3 is 4.42 Å². The number of hydrogen-bond acceptors (Lipinski definition) is 4. The molecule has 5 heteroatoms. The van der Waals surface area contributed by atoms with Crippen LogP contribution in [0.2, 0.25) is 0 Å². The Hall–Kier alpha value is -1.62. The fraction of sp³-hybridized carbons (Fsp3) is 0.524. The molecule has 1 aliphatic rings. The minimum atomic E-state index is -0.343. The van der Waals surface area contributed by atoms with Gasteiger partial charge in [0.15, 0.2) is 0 Å². The summed E-state index contributed by atoms with van der Waals surface area (Å²) in [5.74, 6) is 3.47. The summed E-state index contributed by atoms with van der Waals surface area (Å²) < 4.78 is 19.5. The van der Waals surface area contributed by atoms with Gasteiger partial charge in [-0.2, -0.15) is 0 Å². The van der Waals surface area contributed by atoms with Crippen molar-refractivity contribution in [2.24, 2.45) is 11.8 Å². The zero-order valence-electron chi connectivity index (χ0n) is 15.5. The van der Waals surface area contributed by atoms with Gasteiger partial charge in [-0.1, -0.05) is 31.9 Å². The van der Waals surface area contributed by atoms with Crippen LogP contribution in [0.25, 0.3) is 11.5 Å². The number of carbonyl (C=O) groups excluding carboxylic acids is 1. The highest BCUT2D eigenvalue weighted by Crippen LogP contribution is 2.31. The van der Waals surface area contributed by atoms with Crippen molar-refractivity contribution in [2.75, 3.05) is 5.75 Å². The molecular formula is C21H26FNO2S. The number of aromatic nitrogens is 1. The summed E-state index contributed by atoms with van der Waals surface area (Å²) in [7, 11) is 0. The summed E-state index contributed by atoms with van der Waals surface area (Å²) in [6.07, 6.45) is 5.58. The quantitative estimate of drug-likeness (QED) is 0.613. The van der Waals surface area contributed by atoms with Gasteiger partial charge in [0, 0.05) is 12.2 Å². The van der Waals surface area contributed by atoms with Crippen LogP contribution in [0.5, 0.6) is 0 Å². The summed E-state index contributed by atoms with van der Waals surface area (Å²) >= 11 is 1.56. The van der Waals surface area contributed by atoms with Crippen LogP contribution in [0.3, 0.4) is 0 Å². The fourth-order valence-corrected chi connectivity index (χ4v) is 4.40. The Morgan fingerprint density at radius 2 is 2.00 bits per heavy atom. The summed E-state index contributed by atoms with van der Waals surface area (Å²) in [4.78, 5) is 16.6. The van der Waals surface area contributed by atoms with E-state index in [9.17, 15) is 9.18 Å². The van der Waals surface area contributed by atoms with Crippen LogP contribution < -0.4 is 0 Å². The number of thioether (sulfide) groups is 1. The second-order valence-electron chi connectivity index (χ2n) is 7.36. The first-order valence-corrected chi connectivity index (χ1v) is 10.5. The lowest BCUT2D eigenvalue weighted by molar-refractivity contribution is -0.117. The van der Waals surface area contributed by atoms with Gasteiger partial charge in [0.2, 0.25) is 5.89 Å². The van der Waals surface area contributed by atoms with E-state index in [-0.39, 0.29) is 5.82 Å². The largest absolute Gasteiger partial charge is 0.441 e. The maximum atomic E-state index is 13.9. The Morgan fingerprint density at radius 1 is 1.27 bits per heavy atom. The van der Waals surface area contributed by atoms with Crippen molar-refractivity contribution in [2.45, 2.75) is 51.7 Å². The van der Waals surface area contributed by atoms with Crippen LogP contribution in [0.15, 0.2) is 28.7 Å². The van der Waals surface area contributed by atoms with Gasteiger partial charge in [0.05, 0.1) is 17.0 Å². The highest BCUT2D eigenvalue weighted by atomic mass is 32.2. The predicted octanol–water partition coefficient (Wildman–Crippen LogP) is 5.81. The molecule has 3 nitrogen and oxygen atoms in total. The van der Waals surface area contributed by atoms with Gasteiger partial charge in [-0.25, -0.2) is 9.37 Å². The summed E-state index contributed by atoms with van der Waals surface area (Å²) in [5, 5.41) is 0. The molecule has 0 spiro atoms. The van der Waals surface area contributed by atoms with E-state index in [1.54, 1.807) is 30.0 Å². The predicted molar refractivity (Wildman–Crippen MR) is 104 cm³/mol. The van der Waals surface area contributed by atoms with Crippen LogP contribution in [0, 0.1) is 24.6 Å². The highest BCUT2D eigenvalue weighted by Gasteiger charge is 2.21. The van der Waals surface area contributed by atoms with Gasteiger partial charge in [0.25, 0.3) is 0 Å². The lowest BCUT2D eigenvalue weighted by Crippen LogP contribution is -2.16. The number of benzene rings is 1. The number of ketones is 1. The van der Waals surface area contributed by atoms with E-state index in [1.165, 1.54) is 31.7 Å². The van der Waals surface area contributed by atoms with Crippen molar-refractivity contribution in [3.8, 4) is 11.5 Å². The third-order valence-corrected chi connectivity index (χ3v) is 6.15. The zero-order valence-corrected chi connectivity index (χ0v) is 16.3. The maximum Gasteiger partial charge on any atom is 0.229 e. The van der Waals surface area contributed by atoms with Crippen molar-refractivity contribution in [1.29, 1.82) is 0 Å². The number of oxazole rings is 1. The molecule has 1 fully saturated rings. The SMILES string of the molecule is Cc1oc(-c2ccccc2F)nc1CSCC(=O)CC1CCC(C)CC1. The summed E-state index contributed by atoms with van der Waals surface area (Å²) in [6, 6.07) is 6.46. The average molecular weight is 376 g/mol. The molecule has 1 aliphatic carbocycles. The Bertz CT molecular complexity index is 750. The number of halogens is 1.